The van der Waals surface area contributed by atoms with Crippen molar-refractivity contribution in [1.82, 2.24) is 0 Å². The molecule has 0 spiro atoms. The second kappa shape index (κ2) is 10.9. The molecule has 44 heavy (non-hydrogen) atoms. The quantitative estimate of drug-likeness (QED) is 0.285. The van der Waals surface area contributed by atoms with Crippen LogP contribution in [0.5, 0.6) is 0 Å². The van der Waals surface area contributed by atoms with Crippen molar-refractivity contribution in [2.24, 2.45) is 20.0 Å². The molecular formula is C40H24N4. The zero-order chi connectivity index (χ0) is 29.3. The van der Waals surface area contributed by atoms with Crippen LogP contribution in [0.3, 0.4) is 0 Å². The van der Waals surface area contributed by atoms with Crippen molar-refractivity contribution in [3.8, 4) is 11.8 Å². The van der Waals surface area contributed by atoms with Crippen LogP contribution in [-0.4, -0.2) is 22.8 Å². The Morgan fingerprint density at radius 3 is 1.68 bits per heavy atom. The van der Waals surface area contributed by atoms with E-state index in [0.29, 0.717) is 0 Å². The van der Waals surface area contributed by atoms with Gasteiger partial charge in [0, 0.05) is 16.7 Å². The van der Waals surface area contributed by atoms with Gasteiger partial charge in [0.05, 0.1) is 51.2 Å². The van der Waals surface area contributed by atoms with E-state index in [4.69, 9.17) is 20.0 Å². The average Bonchev–Trinajstić information content (AvgIpc) is 3.90. The van der Waals surface area contributed by atoms with Gasteiger partial charge in [-0.2, -0.15) is 0 Å². The monoisotopic (exact) mass is 560 g/mol. The average molecular weight is 561 g/mol. The Kier molecular flexibility index (Phi) is 6.33. The number of fused-ring (bicyclic) bond motifs is 4. The smallest absolute Gasteiger partial charge is 0.0816 e. The summed E-state index contributed by atoms with van der Waals surface area (Å²) in [6.45, 7) is 0. The highest BCUT2D eigenvalue weighted by Gasteiger charge is 2.24. The fourth-order valence-corrected chi connectivity index (χ4v) is 5.61. The first-order valence-electron chi connectivity index (χ1n) is 14.5. The summed E-state index contributed by atoms with van der Waals surface area (Å²) in [5, 5.41) is 0. The first-order chi connectivity index (χ1) is 21.8. The first kappa shape index (κ1) is 25.5. The Morgan fingerprint density at radius 1 is 0.409 bits per heavy atom. The minimum Gasteiger partial charge on any atom is -0.248 e. The topological polar surface area (TPSA) is 49.4 Å². The van der Waals surface area contributed by atoms with E-state index >= 15 is 0 Å². The van der Waals surface area contributed by atoms with Gasteiger partial charge in [-0.3, -0.25) is 0 Å². The fourth-order valence-electron chi connectivity index (χ4n) is 5.61. The molecule has 0 atom stereocenters. The zero-order valence-electron chi connectivity index (χ0n) is 23.6. The molecule has 0 fully saturated rings. The Balaban J connectivity index is 1.39. The van der Waals surface area contributed by atoms with Crippen LogP contribution in [0.25, 0.3) is 11.1 Å². The molecule has 5 aliphatic rings. The van der Waals surface area contributed by atoms with Crippen LogP contribution in [-0.2, 0) is 0 Å². The lowest BCUT2D eigenvalue weighted by atomic mass is 9.99. The van der Waals surface area contributed by atoms with Crippen molar-refractivity contribution in [2.75, 3.05) is 0 Å². The molecule has 0 unspecified atom stereocenters. The van der Waals surface area contributed by atoms with Gasteiger partial charge in [-0.25, -0.2) is 20.0 Å². The van der Waals surface area contributed by atoms with E-state index in [-0.39, 0.29) is 0 Å². The third-order valence-electron chi connectivity index (χ3n) is 7.67. The first-order valence-corrected chi connectivity index (χ1v) is 14.5. The maximum absolute atomic E-state index is 5.16. The molecule has 8 bridgehead atoms. The molecule has 4 heteroatoms. The molecule has 3 aromatic carbocycles. The molecule has 5 heterocycles. The minimum absolute atomic E-state index is 0.763. The van der Waals surface area contributed by atoms with Crippen LogP contribution in [0.4, 0.5) is 0 Å². The number of aliphatic imine (C=N–C) groups is 4. The number of hydrogen-bond acceptors (Lipinski definition) is 4. The molecule has 8 rings (SSSR count). The summed E-state index contributed by atoms with van der Waals surface area (Å²) in [4.78, 5) is 20.4. The number of nitrogens with zero attached hydrogens (tertiary/aromatic N) is 4. The zero-order valence-corrected chi connectivity index (χ0v) is 23.6. The van der Waals surface area contributed by atoms with Gasteiger partial charge in [0.2, 0.25) is 0 Å². The van der Waals surface area contributed by atoms with E-state index in [1.54, 1.807) is 0 Å². The molecule has 3 aromatic rings. The van der Waals surface area contributed by atoms with Gasteiger partial charge >= 0.3 is 0 Å². The lowest BCUT2D eigenvalue weighted by Crippen LogP contribution is -2.02. The molecule has 0 aromatic heterocycles. The molecular weight excluding hydrogens is 536 g/mol. The van der Waals surface area contributed by atoms with E-state index < -0.39 is 0 Å². The lowest BCUT2D eigenvalue weighted by Gasteiger charge is -2.09. The second-order valence-corrected chi connectivity index (χ2v) is 10.6. The molecule has 0 aliphatic carbocycles. The molecule has 5 aliphatic heterocycles. The molecule has 4 nitrogen and oxygen atoms in total. The summed E-state index contributed by atoms with van der Waals surface area (Å²) >= 11 is 0. The van der Waals surface area contributed by atoms with E-state index in [2.05, 4.69) is 48.3 Å². The maximum atomic E-state index is 5.16. The summed E-state index contributed by atoms with van der Waals surface area (Å²) in [7, 11) is 0. The predicted octanol–water partition coefficient (Wildman–Crippen LogP) is 8.06. The Labute approximate surface area is 256 Å². The van der Waals surface area contributed by atoms with E-state index in [1.807, 2.05) is 109 Å². The number of hydrogen-bond donors (Lipinski definition) is 0. The van der Waals surface area contributed by atoms with E-state index in [9.17, 15) is 0 Å². The molecule has 0 saturated carbocycles. The Bertz CT molecular complexity index is 2120. The minimum atomic E-state index is 0.763. The van der Waals surface area contributed by atoms with Crippen LogP contribution in [0.15, 0.2) is 194 Å². The maximum Gasteiger partial charge on any atom is 0.0816 e. The second-order valence-electron chi connectivity index (χ2n) is 10.6. The van der Waals surface area contributed by atoms with Crippen LogP contribution < -0.4 is 0 Å². The number of benzene rings is 3. The van der Waals surface area contributed by atoms with Crippen LogP contribution in [0.2, 0.25) is 0 Å². The highest BCUT2D eigenvalue weighted by atomic mass is 14.9. The van der Waals surface area contributed by atoms with Crippen molar-refractivity contribution in [3.63, 3.8) is 0 Å². The lowest BCUT2D eigenvalue weighted by molar-refractivity contribution is 1.39. The van der Waals surface area contributed by atoms with E-state index in [0.717, 1.165) is 79.0 Å². The molecule has 0 radical (unpaired) electrons. The molecule has 0 saturated heterocycles. The largest absolute Gasteiger partial charge is 0.248 e. The fraction of sp³-hybridized carbons (Fsp3) is 0. The summed E-state index contributed by atoms with van der Waals surface area (Å²) in [5.41, 5.74) is 12.3. The normalized spacial score (nSPS) is 17.9. The van der Waals surface area contributed by atoms with Crippen LogP contribution >= 0.6 is 0 Å². The van der Waals surface area contributed by atoms with Gasteiger partial charge in [0.1, 0.15) is 0 Å². The summed E-state index contributed by atoms with van der Waals surface area (Å²) in [6, 6.07) is 30.6. The Morgan fingerprint density at radius 2 is 0.955 bits per heavy atom. The standard InChI is InChI=1S/C40H24N4/c1-4-10-27(11-5-1)16-19-32-33-22-24-37(43-33)39(28-12-6-2-7-13-28)35-20-17-30(41-35)26-31-18-21-36(42-31)40(29-14-8-3-9-15-29)38-25-23-34(32)44-38/h1-15,17-18,20-26H. The number of rotatable bonds is 2. The molecule has 0 N–H and O–H groups in total. The van der Waals surface area contributed by atoms with Gasteiger partial charge in [-0.1, -0.05) is 90.7 Å². The van der Waals surface area contributed by atoms with E-state index in [1.165, 1.54) is 0 Å². The summed E-state index contributed by atoms with van der Waals surface area (Å²) in [5.74, 6) is 6.77. The van der Waals surface area contributed by atoms with Crippen molar-refractivity contribution in [2.45, 2.75) is 0 Å². The molecule has 204 valence electrons. The van der Waals surface area contributed by atoms with Crippen LogP contribution in [0.1, 0.15) is 16.7 Å². The van der Waals surface area contributed by atoms with Gasteiger partial charge < -0.3 is 0 Å². The summed E-state index contributed by atoms with van der Waals surface area (Å²) in [6.07, 6.45) is 18.3. The SMILES string of the molecule is C(#Cc1ccccc1)C1=C2C=CC(=N2)C(c2ccccc2)=C2C=CC(=N2)C=C2C=CC(=N2)C(c2ccccc2)=C2C=CC1=N2. The highest BCUT2D eigenvalue weighted by Crippen LogP contribution is 2.33. The predicted molar refractivity (Wildman–Crippen MR) is 181 cm³/mol. The number of allylic oxidation sites excluding steroid dienone is 12. The Hall–Kier alpha value is -6.18. The van der Waals surface area contributed by atoms with Gasteiger partial charge in [-0.05, 0) is 77.9 Å². The van der Waals surface area contributed by atoms with Crippen molar-refractivity contribution in [1.29, 1.82) is 0 Å². The van der Waals surface area contributed by atoms with Crippen molar-refractivity contribution < 1.29 is 0 Å². The van der Waals surface area contributed by atoms with Gasteiger partial charge in [0.15, 0.2) is 0 Å². The van der Waals surface area contributed by atoms with Crippen LogP contribution in [0, 0.1) is 11.8 Å². The highest BCUT2D eigenvalue weighted by molar-refractivity contribution is 6.34. The molecule has 0 amide bonds. The van der Waals surface area contributed by atoms with Crippen molar-refractivity contribution in [3.05, 3.63) is 191 Å². The summed E-state index contributed by atoms with van der Waals surface area (Å²) < 4.78 is 0. The van der Waals surface area contributed by atoms with Gasteiger partial charge in [0.25, 0.3) is 0 Å². The third-order valence-corrected chi connectivity index (χ3v) is 7.67. The third kappa shape index (κ3) is 4.83. The van der Waals surface area contributed by atoms with Gasteiger partial charge in [-0.15, -0.1) is 0 Å². The van der Waals surface area contributed by atoms with Crippen molar-refractivity contribution >= 4 is 34.0 Å².